The second kappa shape index (κ2) is 3.99. The van der Waals surface area contributed by atoms with Crippen molar-refractivity contribution in [1.82, 2.24) is 10.1 Å². The second-order valence-corrected chi connectivity index (χ2v) is 4.54. The van der Waals surface area contributed by atoms with Crippen LogP contribution in [0.25, 0.3) is 22.2 Å². The van der Waals surface area contributed by atoms with Gasteiger partial charge < -0.3 is 10.3 Å². The standard InChI is InChI=1S/C13H10ClN3O/c1-7-2-3-9(11(14)4-7)8-5-10-12(15)17-18-13(10)16-6-8/h2-6H,1H3,(H2,15,17). The minimum Gasteiger partial charge on any atom is -0.380 e. The molecule has 0 atom stereocenters. The lowest BCUT2D eigenvalue weighted by molar-refractivity contribution is 0.452. The van der Waals surface area contributed by atoms with Crippen molar-refractivity contribution >= 4 is 28.5 Å². The van der Waals surface area contributed by atoms with E-state index in [1.165, 1.54) is 0 Å². The fourth-order valence-electron chi connectivity index (χ4n) is 1.85. The average Bonchev–Trinajstić information content (AvgIpc) is 2.71. The highest BCUT2D eigenvalue weighted by Crippen LogP contribution is 2.31. The van der Waals surface area contributed by atoms with E-state index in [9.17, 15) is 0 Å². The molecule has 18 heavy (non-hydrogen) atoms. The van der Waals surface area contributed by atoms with Crippen LogP contribution in [-0.2, 0) is 0 Å². The van der Waals surface area contributed by atoms with E-state index in [4.69, 9.17) is 21.9 Å². The SMILES string of the molecule is Cc1ccc(-c2cnc3onc(N)c3c2)c(Cl)c1. The molecule has 0 saturated carbocycles. The highest BCUT2D eigenvalue weighted by atomic mass is 35.5. The summed E-state index contributed by atoms with van der Waals surface area (Å²) in [5.74, 6) is 0.336. The molecule has 2 aromatic heterocycles. The molecule has 5 heteroatoms. The summed E-state index contributed by atoms with van der Waals surface area (Å²) in [6.07, 6.45) is 1.70. The van der Waals surface area contributed by atoms with Crippen molar-refractivity contribution in [2.45, 2.75) is 6.92 Å². The van der Waals surface area contributed by atoms with Gasteiger partial charge in [-0.2, -0.15) is 0 Å². The van der Waals surface area contributed by atoms with Crippen molar-refractivity contribution in [3.63, 3.8) is 0 Å². The maximum atomic E-state index is 6.23. The van der Waals surface area contributed by atoms with Crippen molar-refractivity contribution < 1.29 is 4.52 Å². The van der Waals surface area contributed by atoms with Crippen molar-refractivity contribution in [3.05, 3.63) is 41.0 Å². The highest BCUT2D eigenvalue weighted by molar-refractivity contribution is 6.33. The summed E-state index contributed by atoms with van der Waals surface area (Å²) < 4.78 is 4.97. The van der Waals surface area contributed by atoms with Crippen LogP contribution in [-0.4, -0.2) is 10.1 Å². The average molecular weight is 260 g/mol. The molecule has 0 bridgehead atoms. The zero-order valence-corrected chi connectivity index (χ0v) is 10.4. The normalized spacial score (nSPS) is 11.0. The summed E-state index contributed by atoms with van der Waals surface area (Å²) in [7, 11) is 0. The quantitative estimate of drug-likeness (QED) is 0.727. The summed E-state index contributed by atoms with van der Waals surface area (Å²) >= 11 is 6.23. The molecule has 3 aromatic rings. The first-order valence-corrected chi connectivity index (χ1v) is 5.80. The molecule has 0 aliphatic rings. The molecule has 0 aliphatic carbocycles. The third-order valence-electron chi connectivity index (χ3n) is 2.79. The topological polar surface area (TPSA) is 64.9 Å². The van der Waals surface area contributed by atoms with Crippen LogP contribution in [0.1, 0.15) is 5.56 Å². The summed E-state index contributed by atoms with van der Waals surface area (Å²) in [5, 5.41) is 5.06. The van der Waals surface area contributed by atoms with Crippen LogP contribution < -0.4 is 5.73 Å². The Morgan fingerprint density at radius 1 is 1.28 bits per heavy atom. The number of hydrogen-bond acceptors (Lipinski definition) is 4. The number of aromatic nitrogens is 2. The van der Waals surface area contributed by atoms with Crippen molar-refractivity contribution in [2.24, 2.45) is 0 Å². The predicted octanol–water partition coefficient (Wildman–Crippen LogP) is 3.43. The molecule has 0 spiro atoms. The maximum absolute atomic E-state index is 6.23. The molecule has 3 rings (SSSR count). The van der Waals surface area contributed by atoms with E-state index >= 15 is 0 Å². The predicted molar refractivity (Wildman–Crippen MR) is 71.4 cm³/mol. The van der Waals surface area contributed by atoms with Gasteiger partial charge in [-0.3, -0.25) is 0 Å². The maximum Gasteiger partial charge on any atom is 0.259 e. The molecule has 0 saturated heterocycles. The molecule has 2 heterocycles. The van der Waals surface area contributed by atoms with Crippen LogP contribution in [0, 0.1) is 6.92 Å². The Morgan fingerprint density at radius 2 is 2.11 bits per heavy atom. The van der Waals surface area contributed by atoms with Crippen molar-refractivity contribution in [2.75, 3.05) is 5.73 Å². The molecule has 0 aliphatic heterocycles. The largest absolute Gasteiger partial charge is 0.380 e. The Kier molecular flexibility index (Phi) is 2.45. The fraction of sp³-hybridized carbons (Fsp3) is 0.0769. The smallest absolute Gasteiger partial charge is 0.259 e. The van der Waals surface area contributed by atoms with Gasteiger partial charge in [-0.15, -0.1) is 0 Å². The Hall–Kier alpha value is -2.07. The number of benzene rings is 1. The number of nitrogen functional groups attached to an aromatic ring is 1. The fourth-order valence-corrected chi connectivity index (χ4v) is 2.20. The van der Waals surface area contributed by atoms with Crippen LogP contribution in [0.3, 0.4) is 0 Å². The van der Waals surface area contributed by atoms with Gasteiger partial charge >= 0.3 is 0 Å². The Bertz CT molecular complexity index is 736. The zero-order chi connectivity index (χ0) is 12.7. The van der Waals surface area contributed by atoms with Gasteiger partial charge in [0.25, 0.3) is 5.71 Å². The van der Waals surface area contributed by atoms with Gasteiger partial charge in [0.1, 0.15) is 0 Å². The molecule has 90 valence electrons. The van der Waals surface area contributed by atoms with E-state index in [1.54, 1.807) is 6.20 Å². The Balaban J connectivity index is 2.21. The number of aryl methyl sites for hydroxylation is 1. The highest BCUT2D eigenvalue weighted by Gasteiger charge is 2.10. The van der Waals surface area contributed by atoms with Gasteiger partial charge in [0.15, 0.2) is 5.82 Å². The minimum absolute atomic E-state index is 0.336. The number of fused-ring (bicyclic) bond motifs is 1. The minimum atomic E-state index is 0.336. The third kappa shape index (κ3) is 1.71. The van der Waals surface area contributed by atoms with Crippen molar-refractivity contribution in [1.29, 1.82) is 0 Å². The van der Waals surface area contributed by atoms with E-state index in [0.29, 0.717) is 21.9 Å². The Labute approximate surface area is 108 Å². The monoisotopic (exact) mass is 259 g/mol. The molecule has 4 nitrogen and oxygen atoms in total. The van der Waals surface area contributed by atoms with Crippen LogP contribution in [0.2, 0.25) is 5.02 Å². The summed E-state index contributed by atoms with van der Waals surface area (Å²) in [5.41, 5.74) is 9.06. The third-order valence-corrected chi connectivity index (χ3v) is 3.11. The number of anilines is 1. The Morgan fingerprint density at radius 3 is 2.89 bits per heavy atom. The van der Waals surface area contributed by atoms with Crippen LogP contribution in [0.5, 0.6) is 0 Å². The number of nitrogens with two attached hydrogens (primary N) is 1. The molecule has 0 radical (unpaired) electrons. The molecule has 0 amide bonds. The van der Waals surface area contributed by atoms with E-state index in [0.717, 1.165) is 16.7 Å². The summed E-state index contributed by atoms with van der Waals surface area (Å²) in [6.45, 7) is 2.00. The van der Waals surface area contributed by atoms with Crippen LogP contribution in [0.15, 0.2) is 35.0 Å². The first-order chi connectivity index (χ1) is 8.65. The van der Waals surface area contributed by atoms with Gasteiger partial charge in [-0.05, 0) is 24.6 Å². The molecular weight excluding hydrogens is 250 g/mol. The number of pyridine rings is 1. The summed E-state index contributed by atoms with van der Waals surface area (Å²) in [4.78, 5) is 4.17. The summed E-state index contributed by atoms with van der Waals surface area (Å²) in [6, 6.07) is 7.76. The number of rotatable bonds is 1. The second-order valence-electron chi connectivity index (χ2n) is 4.13. The van der Waals surface area contributed by atoms with Gasteiger partial charge in [0, 0.05) is 22.3 Å². The zero-order valence-electron chi connectivity index (χ0n) is 9.64. The molecule has 0 fully saturated rings. The molecular formula is C13H10ClN3O. The number of nitrogens with zero attached hydrogens (tertiary/aromatic N) is 2. The van der Waals surface area contributed by atoms with E-state index in [-0.39, 0.29) is 0 Å². The first kappa shape index (κ1) is 11.0. The van der Waals surface area contributed by atoms with Gasteiger partial charge in [-0.25, -0.2) is 4.98 Å². The lowest BCUT2D eigenvalue weighted by Crippen LogP contribution is -1.86. The van der Waals surface area contributed by atoms with Crippen LogP contribution in [0.4, 0.5) is 5.82 Å². The van der Waals surface area contributed by atoms with Crippen molar-refractivity contribution in [3.8, 4) is 11.1 Å². The molecule has 2 N–H and O–H groups in total. The van der Waals surface area contributed by atoms with Gasteiger partial charge in [0.05, 0.1) is 5.39 Å². The number of hydrogen-bond donors (Lipinski definition) is 1. The first-order valence-electron chi connectivity index (χ1n) is 5.42. The molecule has 1 aromatic carbocycles. The van der Waals surface area contributed by atoms with Crippen LogP contribution >= 0.6 is 11.6 Å². The molecule has 0 unspecified atom stereocenters. The lowest BCUT2D eigenvalue weighted by atomic mass is 10.1. The lowest BCUT2D eigenvalue weighted by Gasteiger charge is -2.04. The van der Waals surface area contributed by atoms with Gasteiger partial charge in [-0.1, -0.05) is 28.9 Å². The number of halogens is 1. The van der Waals surface area contributed by atoms with Gasteiger partial charge in [0.2, 0.25) is 0 Å². The van der Waals surface area contributed by atoms with E-state index in [1.807, 2.05) is 31.2 Å². The van der Waals surface area contributed by atoms with E-state index < -0.39 is 0 Å². The van der Waals surface area contributed by atoms with E-state index in [2.05, 4.69) is 10.1 Å².